The number of alkyl halides is 1. The van der Waals surface area contributed by atoms with E-state index in [2.05, 4.69) is 18.7 Å². The van der Waals surface area contributed by atoms with Gasteiger partial charge in [-0.05, 0) is 19.9 Å². The Hall–Kier alpha value is 0.560. The predicted octanol–water partition coefficient (Wildman–Crippen LogP) is 2.81. The molecule has 0 aliphatic carbocycles. The van der Waals surface area contributed by atoms with Crippen LogP contribution in [0.4, 0.5) is 0 Å². The average Bonchev–Trinajstić information content (AvgIpc) is 2.61. The number of halogens is 1. The third kappa shape index (κ3) is 5.43. The zero-order chi connectivity index (χ0) is 11.1. The van der Waals surface area contributed by atoms with Crippen molar-refractivity contribution in [2.24, 2.45) is 0 Å². The Kier molecular flexibility index (Phi) is 7.06. The highest BCUT2D eigenvalue weighted by Gasteiger charge is 2.23. The molecule has 2 atom stereocenters. The van der Waals surface area contributed by atoms with Gasteiger partial charge >= 0.3 is 0 Å². The van der Waals surface area contributed by atoms with Crippen LogP contribution in [0.3, 0.4) is 0 Å². The minimum atomic E-state index is 0.374. The molecule has 4 heteroatoms. The van der Waals surface area contributed by atoms with Crippen LogP contribution in [0.15, 0.2) is 0 Å². The molecular weight excluding hydrogens is 230 g/mol. The molecule has 1 rings (SSSR count). The fourth-order valence-electron chi connectivity index (χ4n) is 1.77. The monoisotopic (exact) mass is 251 g/mol. The molecule has 0 radical (unpaired) electrons. The van der Waals surface area contributed by atoms with E-state index in [-0.39, 0.29) is 0 Å². The molecule has 90 valence electrons. The summed E-state index contributed by atoms with van der Waals surface area (Å²) in [5, 5.41) is 0. The van der Waals surface area contributed by atoms with E-state index < -0.39 is 0 Å². The van der Waals surface area contributed by atoms with Crippen molar-refractivity contribution in [1.29, 1.82) is 0 Å². The van der Waals surface area contributed by atoms with E-state index in [0.717, 1.165) is 31.3 Å². The smallest absolute Gasteiger partial charge is 0.100 e. The molecule has 1 saturated heterocycles. The molecule has 0 spiro atoms. The summed E-state index contributed by atoms with van der Waals surface area (Å²) in [7, 11) is 0. The van der Waals surface area contributed by atoms with Crippen molar-refractivity contribution in [3.63, 3.8) is 0 Å². The lowest BCUT2D eigenvalue weighted by atomic mass is 10.3. The fourth-order valence-corrected chi connectivity index (χ4v) is 2.92. The summed E-state index contributed by atoms with van der Waals surface area (Å²) in [5.74, 6) is 1.85. The van der Waals surface area contributed by atoms with Gasteiger partial charge in [0.05, 0.1) is 6.10 Å². The molecule has 0 saturated carbocycles. The number of thioether (sulfide) groups is 1. The van der Waals surface area contributed by atoms with Gasteiger partial charge in [-0.15, -0.1) is 23.4 Å². The summed E-state index contributed by atoms with van der Waals surface area (Å²) in [4.78, 5) is 2.43. The van der Waals surface area contributed by atoms with Crippen LogP contribution in [0, 0.1) is 0 Å². The standard InChI is InChI=1S/C11H22ClNOS/c1-3-4-6-13(7-5-12)8-11-9-15-10(2)14-11/h10-11H,3-9H2,1-2H3. The van der Waals surface area contributed by atoms with E-state index in [4.69, 9.17) is 16.3 Å². The summed E-state index contributed by atoms with van der Waals surface area (Å²) < 4.78 is 5.80. The van der Waals surface area contributed by atoms with Crippen LogP contribution >= 0.6 is 23.4 Å². The molecule has 15 heavy (non-hydrogen) atoms. The first-order valence-corrected chi connectivity index (χ1v) is 7.40. The van der Waals surface area contributed by atoms with E-state index in [0.29, 0.717) is 11.5 Å². The highest BCUT2D eigenvalue weighted by atomic mass is 35.5. The first kappa shape index (κ1) is 13.6. The van der Waals surface area contributed by atoms with E-state index >= 15 is 0 Å². The maximum atomic E-state index is 5.80. The number of hydrogen-bond acceptors (Lipinski definition) is 3. The molecule has 1 aliphatic rings. The number of nitrogens with zero attached hydrogens (tertiary/aromatic N) is 1. The van der Waals surface area contributed by atoms with Gasteiger partial charge in [0.2, 0.25) is 0 Å². The van der Waals surface area contributed by atoms with Crippen molar-refractivity contribution < 1.29 is 4.74 Å². The van der Waals surface area contributed by atoms with Crippen molar-refractivity contribution in [3.8, 4) is 0 Å². The summed E-state index contributed by atoms with van der Waals surface area (Å²) in [5.41, 5.74) is 0.374. The van der Waals surface area contributed by atoms with Crippen LogP contribution in [-0.2, 0) is 4.74 Å². The minimum absolute atomic E-state index is 0.374. The van der Waals surface area contributed by atoms with Gasteiger partial charge in [0.1, 0.15) is 5.44 Å². The van der Waals surface area contributed by atoms with Crippen LogP contribution in [0.1, 0.15) is 26.7 Å². The van der Waals surface area contributed by atoms with Crippen LogP contribution in [0.5, 0.6) is 0 Å². The van der Waals surface area contributed by atoms with Gasteiger partial charge in [0.25, 0.3) is 0 Å². The summed E-state index contributed by atoms with van der Waals surface area (Å²) >= 11 is 7.71. The van der Waals surface area contributed by atoms with E-state index in [1.165, 1.54) is 12.8 Å². The molecule has 1 heterocycles. The largest absolute Gasteiger partial charge is 0.362 e. The molecule has 2 nitrogen and oxygen atoms in total. The van der Waals surface area contributed by atoms with Crippen LogP contribution in [0.25, 0.3) is 0 Å². The van der Waals surface area contributed by atoms with Gasteiger partial charge in [0, 0.05) is 24.7 Å². The van der Waals surface area contributed by atoms with Gasteiger partial charge in [0.15, 0.2) is 0 Å². The SMILES string of the molecule is CCCCN(CCCl)CC1CSC(C)O1. The van der Waals surface area contributed by atoms with Crippen molar-refractivity contribution in [1.82, 2.24) is 4.90 Å². The Balaban J connectivity index is 2.23. The molecule has 0 amide bonds. The number of hydrogen-bond donors (Lipinski definition) is 0. The van der Waals surface area contributed by atoms with E-state index in [9.17, 15) is 0 Å². The highest BCUT2D eigenvalue weighted by molar-refractivity contribution is 7.99. The maximum Gasteiger partial charge on any atom is 0.100 e. The van der Waals surface area contributed by atoms with Crippen molar-refractivity contribution in [2.75, 3.05) is 31.3 Å². The van der Waals surface area contributed by atoms with Gasteiger partial charge in [-0.2, -0.15) is 0 Å². The molecule has 0 aromatic rings. The zero-order valence-corrected chi connectivity index (χ0v) is 11.3. The first-order chi connectivity index (χ1) is 7.26. The zero-order valence-electron chi connectivity index (χ0n) is 9.75. The topological polar surface area (TPSA) is 12.5 Å². The molecule has 1 aliphatic heterocycles. The highest BCUT2D eigenvalue weighted by Crippen LogP contribution is 2.24. The Morgan fingerprint density at radius 3 is 2.80 bits per heavy atom. The first-order valence-electron chi connectivity index (χ1n) is 5.81. The maximum absolute atomic E-state index is 5.80. The Bertz CT molecular complexity index is 171. The Morgan fingerprint density at radius 2 is 2.27 bits per heavy atom. The average molecular weight is 252 g/mol. The van der Waals surface area contributed by atoms with Crippen molar-refractivity contribution in [2.45, 2.75) is 38.2 Å². The lowest BCUT2D eigenvalue weighted by Crippen LogP contribution is -2.35. The third-order valence-electron chi connectivity index (χ3n) is 2.59. The van der Waals surface area contributed by atoms with Gasteiger partial charge in [-0.3, -0.25) is 4.90 Å². The van der Waals surface area contributed by atoms with E-state index in [1.54, 1.807) is 0 Å². The van der Waals surface area contributed by atoms with E-state index in [1.807, 2.05) is 11.8 Å². The minimum Gasteiger partial charge on any atom is -0.362 e. The van der Waals surface area contributed by atoms with Gasteiger partial charge in [-0.25, -0.2) is 0 Å². The second kappa shape index (κ2) is 7.77. The summed E-state index contributed by atoms with van der Waals surface area (Å²) in [6.45, 7) is 7.54. The second-order valence-corrected chi connectivity index (χ2v) is 5.71. The van der Waals surface area contributed by atoms with Crippen molar-refractivity contribution >= 4 is 23.4 Å². The predicted molar refractivity (Wildman–Crippen MR) is 68.9 cm³/mol. The lowest BCUT2D eigenvalue weighted by molar-refractivity contribution is 0.0478. The fraction of sp³-hybridized carbons (Fsp3) is 1.00. The van der Waals surface area contributed by atoms with Gasteiger partial charge in [-0.1, -0.05) is 13.3 Å². The second-order valence-electron chi connectivity index (χ2n) is 4.00. The van der Waals surface area contributed by atoms with Crippen molar-refractivity contribution in [3.05, 3.63) is 0 Å². The molecular formula is C11H22ClNOS. The quantitative estimate of drug-likeness (QED) is 0.646. The van der Waals surface area contributed by atoms with Gasteiger partial charge < -0.3 is 4.74 Å². The molecule has 0 aromatic heterocycles. The molecule has 0 bridgehead atoms. The Morgan fingerprint density at radius 1 is 1.47 bits per heavy atom. The lowest BCUT2D eigenvalue weighted by Gasteiger charge is -2.24. The third-order valence-corrected chi connectivity index (χ3v) is 3.91. The summed E-state index contributed by atoms with van der Waals surface area (Å²) in [6.07, 6.45) is 2.91. The molecule has 2 unspecified atom stereocenters. The molecule has 0 N–H and O–H groups in total. The molecule has 1 fully saturated rings. The number of rotatable bonds is 7. The van der Waals surface area contributed by atoms with Crippen LogP contribution in [-0.4, -0.2) is 47.7 Å². The molecule has 0 aromatic carbocycles. The Labute approximate surface area is 103 Å². The summed E-state index contributed by atoms with van der Waals surface area (Å²) in [6, 6.07) is 0. The normalized spacial score (nSPS) is 26.4. The van der Waals surface area contributed by atoms with Crippen LogP contribution in [0.2, 0.25) is 0 Å². The number of unbranched alkanes of at least 4 members (excludes halogenated alkanes) is 1. The van der Waals surface area contributed by atoms with Crippen LogP contribution < -0.4 is 0 Å². The number of ether oxygens (including phenoxy) is 1.